The second-order valence-corrected chi connectivity index (χ2v) is 14.2. The number of hydrogen-bond donors (Lipinski definition) is 0. The van der Waals surface area contributed by atoms with Gasteiger partial charge in [-0.2, -0.15) is 0 Å². The van der Waals surface area contributed by atoms with Crippen LogP contribution in [0.5, 0.6) is 0 Å². The highest BCUT2D eigenvalue weighted by Crippen LogP contribution is 2.35. The summed E-state index contributed by atoms with van der Waals surface area (Å²) in [6.07, 6.45) is 2.90. The van der Waals surface area contributed by atoms with E-state index in [4.69, 9.17) is 0 Å². The van der Waals surface area contributed by atoms with E-state index < -0.39 is 8.80 Å². The third-order valence-corrected chi connectivity index (χ3v) is 12.6. The molecule has 0 spiro atoms. The maximum absolute atomic E-state index is 2.57. The van der Waals surface area contributed by atoms with Crippen LogP contribution in [0.4, 0.5) is 0 Å². The van der Waals surface area contributed by atoms with Crippen LogP contribution in [-0.4, -0.2) is 17.6 Å². The molecule has 0 aromatic rings. The summed E-state index contributed by atoms with van der Waals surface area (Å²) in [7, 11) is -0.854. The van der Waals surface area contributed by atoms with E-state index in [-0.39, 0.29) is 8.80 Å². The predicted molar refractivity (Wildman–Crippen MR) is 79.7 cm³/mol. The van der Waals surface area contributed by atoms with Crippen molar-refractivity contribution >= 4 is 17.6 Å². The Balaban J connectivity index is 3.77. The molecular formula is C13H32Si2. The number of hydrogen-bond acceptors (Lipinski definition) is 0. The van der Waals surface area contributed by atoms with E-state index in [1.165, 1.54) is 12.8 Å². The van der Waals surface area contributed by atoms with E-state index in [2.05, 4.69) is 47.7 Å². The smallest absolute Gasteiger partial charge is 0.0395 e. The lowest BCUT2D eigenvalue weighted by Gasteiger charge is -2.29. The minimum atomic E-state index is -0.479. The number of rotatable bonds is 7. The van der Waals surface area contributed by atoms with E-state index in [1.807, 2.05) is 0 Å². The van der Waals surface area contributed by atoms with Crippen LogP contribution in [0, 0.1) is 0 Å². The van der Waals surface area contributed by atoms with Crippen molar-refractivity contribution in [3.05, 3.63) is 0 Å². The van der Waals surface area contributed by atoms with Crippen LogP contribution in [-0.2, 0) is 0 Å². The van der Waals surface area contributed by atoms with E-state index in [1.54, 1.807) is 12.1 Å². The summed E-state index contributed by atoms with van der Waals surface area (Å²) in [4.78, 5) is 0. The Morgan fingerprint density at radius 1 is 1.07 bits per heavy atom. The molecule has 0 rings (SSSR count). The van der Waals surface area contributed by atoms with E-state index in [0.29, 0.717) is 5.04 Å². The molecule has 0 amide bonds. The van der Waals surface area contributed by atoms with Gasteiger partial charge in [0.1, 0.15) is 0 Å². The third-order valence-electron chi connectivity index (χ3n) is 4.68. The lowest BCUT2D eigenvalue weighted by atomic mass is 10.1. The van der Waals surface area contributed by atoms with Crippen LogP contribution in [0.1, 0.15) is 47.5 Å². The quantitative estimate of drug-likeness (QED) is 0.570. The zero-order valence-corrected chi connectivity index (χ0v) is 14.4. The van der Waals surface area contributed by atoms with E-state index >= 15 is 0 Å². The molecule has 0 aromatic heterocycles. The summed E-state index contributed by atoms with van der Waals surface area (Å²) in [6.45, 7) is 17.3. The Bertz CT molecular complexity index is 164. The lowest BCUT2D eigenvalue weighted by Crippen LogP contribution is -2.24. The first kappa shape index (κ1) is 15.4. The Labute approximate surface area is 101 Å². The molecule has 0 N–H and O–H groups in total. The van der Waals surface area contributed by atoms with Crippen molar-refractivity contribution < 1.29 is 0 Å². The highest BCUT2D eigenvalue weighted by Gasteiger charge is 2.24. The van der Waals surface area contributed by atoms with E-state index in [0.717, 1.165) is 5.54 Å². The van der Waals surface area contributed by atoms with Gasteiger partial charge >= 0.3 is 0 Å². The zero-order chi connectivity index (χ0) is 12.1. The van der Waals surface area contributed by atoms with Gasteiger partial charge in [-0.05, 0) is 5.04 Å². The summed E-state index contributed by atoms with van der Waals surface area (Å²) >= 11 is 0. The van der Waals surface area contributed by atoms with Crippen LogP contribution >= 0.6 is 0 Å². The van der Waals surface area contributed by atoms with E-state index in [9.17, 15) is 0 Å². The van der Waals surface area contributed by atoms with Gasteiger partial charge in [0.15, 0.2) is 0 Å². The molecule has 0 aromatic carbocycles. The van der Waals surface area contributed by atoms with Crippen LogP contribution in [0.15, 0.2) is 0 Å². The van der Waals surface area contributed by atoms with Crippen molar-refractivity contribution in [1.82, 2.24) is 0 Å². The molecular weight excluding hydrogens is 212 g/mol. The zero-order valence-electron chi connectivity index (χ0n) is 12.1. The minimum Gasteiger partial charge on any atom is -0.0718 e. The highest BCUT2D eigenvalue weighted by atomic mass is 28.3. The van der Waals surface area contributed by atoms with Gasteiger partial charge in [0.05, 0.1) is 0 Å². The summed E-state index contributed by atoms with van der Waals surface area (Å²) in [5.74, 6) is 0. The highest BCUT2D eigenvalue weighted by molar-refractivity contribution is 6.61. The van der Waals surface area contributed by atoms with Crippen LogP contribution in [0.25, 0.3) is 0 Å². The molecule has 0 aliphatic rings. The monoisotopic (exact) mass is 244 g/mol. The van der Waals surface area contributed by atoms with Crippen molar-refractivity contribution in [2.24, 2.45) is 0 Å². The van der Waals surface area contributed by atoms with Gasteiger partial charge in [-0.1, -0.05) is 78.2 Å². The Kier molecular flexibility index (Phi) is 7.10. The van der Waals surface area contributed by atoms with Gasteiger partial charge in [-0.3, -0.25) is 0 Å². The third kappa shape index (κ3) is 5.91. The normalized spacial score (nSPS) is 16.8. The molecule has 0 saturated carbocycles. The van der Waals surface area contributed by atoms with Gasteiger partial charge in [0.2, 0.25) is 0 Å². The Hall–Kier alpha value is 0.434. The SMILES string of the molecule is CCC(C)(C)[SiH](C)CCC[SiH](C)C(C)C. The van der Waals surface area contributed by atoms with Crippen molar-refractivity contribution in [3.63, 3.8) is 0 Å². The summed E-state index contributed by atoms with van der Waals surface area (Å²) in [6, 6.07) is 3.15. The van der Waals surface area contributed by atoms with Gasteiger partial charge in [0.25, 0.3) is 0 Å². The average molecular weight is 245 g/mol. The van der Waals surface area contributed by atoms with Gasteiger partial charge in [0, 0.05) is 17.6 Å². The topological polar surface area (TPSA) is 0 Å². The fourth-order valence-corrected chi connectivity index (χ4v) is 6.16. The maximum Gasteiger partial charge on any atom is 0.0395 e. The van der Waals surface area contributed by atoms with Gasteiger partial charge in [-0.15, -0.1) is 0 Å². The molecule has 15 heavy (non-hydrogen) atoms. The molecule has 2 heteroatoms. The molecule has 0 heterocycles. The van der Waals surface area contributed by atoms with Crippen molar-refractivity contribution in [2.75, 3.05) is 0 Å². The largest absolute Gasteiger partial charge is 0.0718 e. The summed E-state index contributed by atoms with van der Waals surface area (Å²) in [5, 5.41) is 0.683. The van der Waals surface area contributed by atoms with Crippen molar-refractivity contribution in [3.8, 4) is 0 Å². The predicted octanol–water partition coefficient (Wildman–Crippen LogP) is 4.69. The molecule has 2 unspecified atom stereocenters. The molecule has 0 aliphatic heterocycles. The van der Waals surface area contributed by atoms with Crippen molar-refractivity contribution in [2.45, 2.75) is 83.2 Å². The molecule has 0 nitrogen and oxygen atoms in total. The molecule has 2 atom stereocenters. The molecule has 0 saturated heterocycles. The van der Waals surface area contributed by atoms with Crippen molar-refractivity contribution in [1.29, 1.82) is 0 Å². The van der Waals surface area contributed by atoms with Crippen LogP contribution in [0.2, 0.25) is 35.8 Å². The standard InChI is InChI=1S/C13H32Si2/c1-8-13(4,5)15(7)11-9-10-14(6)12(2)3/h12,14-15H,8-11H2,1-7H3. The summed E-state index contributed by atoms with van der Waals surface area (Å²) in [5.41, 5.74) is 1.00. The summed E-state index contributed by atoms with van der Waals surface area (Å²) < 4.78 is 0. The van der Waals surface area contributed by atoms with Crippen LogP contribution < -0.4 is 0 Å². The first-order valence-corrected chi connectivity index (χ1v) is 12.0. The fraction of sp³-hybridized carbons (Fsp3) is 1.00. The molecule has 0 fully saturated rings. The molecule has 0 bridgehead atoms. The maximum atomic E-state index is 2.57. The molecule has 0 aliphatic carbocycles. The first-order chi connectivity index (χ1) is 6.81. The second-order valence-electron chi connectivity index (χ2n) is 6.40. The first-order valence-electron chi connectivity index (χ1n) is 6.81. The van der Waals surface area contributed by atoms with Gasteiger partial charge in [-0.25, -0.2) is 0 Å². The second kappa shape index (κ2) is 6.90. The molecule has 92 valence electrons. The average Bonchev–Trinajstić information content (AvgIpc) is 2.17. The lowest BCUT2D eigenvalue weighted by molar-refractivity contribution is 0.627. The Morgan fingerprint density at radius 3 is 2.00 bits per heavy atom. The minimum absolute atomic E-state index is 0.375. The Morgan fingerprint density at radius 2 is 1.60 bits per heavy atom. The fourth-order valence-electron chi connectivity index (χ4n) is 1.82. The molecule has 0 radical (unpaired) electrons. The van der Waals surface area contributed by atoms with Crippen LogP contribution in [0.3, 0.4) is 0 Å². The van der Waals surface area contributed by atoms with Gasteiger partial charge < -0.3 is 0 Å².